The molecule has 0 saturated carbocycles. The van der Waals surface area contributed by atoms with E-state index in [1.165, 1.54) is 50.4 Å². The van der Waals surface area contributed by atoms with Crippen molar-refractivity contribution in [3.63, 3.8) is 0 Å². The molecule has 6 aromatic carbocycles. The highest BCUT2D eigenvalue weighted by Crippen LogP contribution is 2.63. The fourth-order valence-electron chi connectivity index (χ4n) is 6.73. The zero-order valence-electron chi connectivity index (χ0n) is 21.4. The van der Waals surface area contributed by atoms with Gasteiger partial charge in [-0.15, -0.1) is 0 Å². The van der Waals surface area contributed by atoms with E-state index in [0.29, 0.717) is 0 Å². The minimum absolute atomic E-state index is 0.407. The molecule has 0 fully saturated rings. The van der Waals surface area contributed by atoms with Crippen LogP contribution in [0.4, 0.5) is 28.4 Å². The van der Waals surface area contributed by atoms with Gasteiger partial charge in [-0.25, -0.2) is 0 Å². The van der Waals surface area contributed by atoms with Gasteiger partial charge in [0.05, 0.1) is 16.8 Å². The van der Waals surface area contributed by atoms with Crippen LogP contribution < -0.4 is 10.2 Å². The second kappa shape index (κ2) is 8.47. The van der Waals surface area contributed by atoms with Crippen LogP contribution in [0.15, 0.2) is 152 Å². The Morgan fingerprint density at radius 1 is 0.410 bits per heavy atom. The van der Waals surface area contributed by atoms with Crippen molar-refractivity contribution in [1.82, 2.24) is 0 Å². The quantitative estimate of drug-likeness (QED) is 0.261. The molecule has 0 saturated heterocycles. The Hall–Kier alpha value is -5.08. The molecule has 1 aliphatic heterocycles. The molecular formula is C37H26N2. The van der Waals surface area contributed by atoms with Crippen molar-refractivity contribution in [3.05, 3.63) is 174 Å². The zero-order chi connectivity index (χ0) is 25.8. The van der Waals surface area contributed by atoms with Crippen LogP contribution in [0.1, 0.15) is 22.3 Å². The molecule has 184 valence electrons. The molecule has 0 atom stereocenters. The first-order valence-electron chi connectivity index (χ1n) is 13.5. The number of hydrogen-bond donors (Lipinski definition) is 1. The number of nitrogens with one attached hydrogen (secondary N) is 1. The molecule has 6 aromatic rings. The van der Waals surface area contributed by atoms with Gasteiger partial charge in [-0.05, 0) is 81.9 Å². The molecule has 1 aliphatic carbocycles. The summed E-state index contributed by atoms with van der Waals surface area (Å²) in [6.45, 7) is 0. The molecule has 0 unspecified atom stereocenters. The molecule has 2 nitrogen and oxygen atoms in total. The number of hydrogen-bond acceptors (Lipinski definition) is 2. The molecule has 1 spiro atoms. The van der Waals surface area contributed by atoms with E-state index < -0.39 is 5.41 Å². The van der Waals surface area contributed by atoms with Crippen LogP contribution in [0.3, 0.4) is 0 Å². The first-order valence-corrected chi connectivity index (χ1v) is 13.5. The zero-order valence-corrected chi connectivity index (χ0v) is 21.4. The maximum absolute atomic E-state index is 3.61. The van der Waals surface area contributed by atoms with Crippen LogP contribution in [0.2, 0.25) is 0 Å². The van der Waals surface area contributed by atoms with E-state index in [9.17, 15) is 0 Å². The van der Waals surface area contributed by atoms with E-state index in [0.717, 1.165) is 11.4 Å². The lowest BCUT2D eigenvalue weighted by Gasteiger charge is -2.45. The predicted octanol–water partition coefficient (Wildman–Crippen LogP) is 9.58. The van der Waals surface area contributed by atoms with E-state index in [4.69, 9.17) is 0 Å². The van der Waals surface area contributed by atoms with Crippen molar-refractivity contribution in [3.8, 4) is 11.1 Å². The lowest BCUT2D eigenvalue weighted by atomic mass is 9.64. The summed E-state index contributed by atoms with van der Waals surface area (Å²) >= 11 is 0. The van der Waals surface area contributed by atoms with E-state index in [2.05, 4.69) is 156 Å². The molecule has 0 amide bonds. The van der Waals surface area contributed by atoms with Crippen molar-refractivity contribution < 1.29 is 0 Å². The molecule has 1 heterocycles. The van der Waals surface area contributed by atoms with Gasteiger partial charge in [0.1, 0.15) is 0 Å². The summed E-state index contributed by atoms with van der Waals surface area (Å²) < 4.78 is 0. The van der Waals surface area contributed by atoms with Gasteiger partial charge in [-0.1, -0.05) is 103 Å². The highest BCUT2D eigenvalue weighted by Gasteiger charge is 2.51. The molecule has 0 radical (unpaired) electrons. The fourth-order valence-corrected chi connectivity index (χ4v) is 6.73. The molecule has 2 aliphatic rings. The van der Waals surface area contributed by atoms with Crippen molar-refractivity contribution in [2.24, 2.45) is 0 Å². The molecule has 39 heavy (non-hydrogen) atoms. The van der Waals surface area contributed by atoms with Gasteiger partial charge in [0.15, 0.2) is 0 Å². The number of nitrogens with zero attached hydrogens (tertiary/aromatic N) is 1. The first kappa shape index (κ1) is 22.0. The summed E-state index contributed by atoms with van der Waals surface area (Å²) in [5.74, 6) is 0. The summed E-state index contributed by atoms with van der Waals surface area (Å²) in [5, 5.41) is 3.61. The van der Waals surface area contributed by atoms with E-state index in [1.54, 1.807) is 0 Å². The van der Waals surface area contributed by atoms with Crippen LogP contribution in [-0.4, -0.2) is 0 Å². The Balaban J connectivity index is 1.43. The fraction of sp³-hybridized carbons (Fsp3) is 0.0270. The Labute approximate surface area is 228 Å². The van der Waals surface area contributed by atoms with Gasteiger partial charge < -0.3 is 10.2 Å². The van der Waals surface area contributed by atoms with Gasteiger partial charge in [0, 0.05) is 17.1 Å². The Morgan fingerprint density at radius 2 is 0.949 bits per heavy atom. The lowest BCUT2D eigenvalue weighted by Crippen LogP contribution is -2.36. The summed E-state index contributed by atoms with van der Waals surface area (Å²) in [6, 6.07) is 54.8. The largest absolute Gasteiger partial charge is 0.356 e. The third kappa shape index (κ3) is 3.09. The maximum atomic E-state index is 3.61. The first-order chi connectivity index (χ1) is 19.4. The molecule has 2 heteroatoms. The van der Waals surface area contributed by atoms with Gasteiger partial charge in [-0.2, -0.15) is 0 Å². The summed E-state index contributed by atoms with van der Waals surface area (Å²) in [4.78, 5) is 2.42. The highest BCUT2D eigenvalue weighted by atomic mass is 15.2. The summed E-state index contributed by atoms with van der Waals surface area (Å²) in [7, 11) is 0. The third-order valence-corrected chi connectivity index (χ3v) is 8.22. The number of para-hydroxylation sites is 4. The van der Waals surface area contributed by atoms with Crippen LogP contribution in [-0.2, 0) is 5.41 Å². The van der Waals surface area contributed by atoms with Crippen LogP contribution in [0, 0.1) is 0 Å². The van der Waals surface area contributed by atoms with Gasteiger partial charge in [0.2, 0.25) is 0 Å². The molecule has 0 bridgehead atoms. The molecule has 1 N–H and O–H groups in total. The maximum Gasteiger partial charge on any atom is 0.0754 e. The molecule has 0 aromatic heterocycles. The smallest absolute Gasteiger partial charge is 0.0754 e. The van der Waals surface area contributed by atoms with E-state index in [1.807, 2.05) is 6.07 Å². The summed E-state index contributed by atoms with van der Waals surface area (Å²) in [6.07, 6.45) is 0. The number of anilines is 5. The Kier molecular flexibility index (Phi) is 4.77. The van der Waals surface area contributed by atoms with Crippen LogP contribution >= 0.6 is 0 Å². The molecular weight excluding hydrogens is 472 g/mol. The summed E-state index contributed by atoms with van der Waals surface area (Å²) in [5.41, 5.74) is 13.2. The van der Waals surface area contributed by atoms with Crippen molar-refractivity contribution in [2.75, 3.05) is 10.2 Å². The van der Waals surface area contributed by atoms with Crippen molar-refractivity contribution >= 4 is 28.4 Å². The predicted molar refractivity (Wildman–Crippen MR) is 162 cm³/mol. The van der Waals surface area contributed by atoms with Gasteiger partial charge in [0.25, 0.3) is 0 Å². The topological polar surface area (TPSA) is 15.3 Å². The second-order valence-corrected chi connectivity index (χ2v) is 10.3. The number of benzene rings is 6. The lowest BCUT2D eigenvalue weighted by molar-refractivity contribution is 0.753. The molecule has 8 rings (SSSR count). The SMILES string of the molecule is c1ccc(Nc2ccc3c(c2)-c2ccccc2C32c3ccccc3N(c3ccccc3)c3ccccc32)cc1. The minimum atomic E-state index is -0.407. The van der Waals surface area contributed by atoms with Gasteiger partial charge in [-0.3, -0.25) is 0 Å². The van der Waals surface area contributed by atoms with Crippen LogP contribution in [0.25, 0.3) is 11.1 Å². The van der Waals surface area contributed by atoms with Crippen molar-refractivity contribution in [1.29, 1.82) is 0 Å². The standard InChI is InChI=1S/C37H26N2/c1-3-13-26(14-4-1)38-27-23-24-32-30(25-27)29-17-7-8-18-31(29)37(32)33-19-9-11-21-35(33)39(28-15-5-2-6-16-28)36-22-12-10-20-34(36)37/h1-25,38H. The number of fused-ring (bicyclic) bond motifs is 9. The normalized spacial score (nSPS) is 13.8. The second-order valence-electron chi connectivity index (χ2n) is 10.3. The van der Waals surface area contributed by atoms with E-state index in [-0.39, 0.29) is 0 Å². The van der Waals surface area contributed by atoms with Crippen LogP contribution in [0.5, 0.6) is 0 Å². The third-order valence-electron chi connectivity index (χ3n) is 8.22. The average molecular weight is 499 g/mol. The van der Waals surface area contributed by atoms with Crippen molar-refractivity contribution in [2.45, 2.75) is 5.41 Å². The minimum Gasteiger partial charge on any atom is -0.356 e. The Bertz CT molecular complexity index is 1790. The average Bonchev–Trinajstić information content (AvgIpc) is 3.29. The monoisotopic (exact) mass is 498 g/mol. The Morgan fingerprint density at radius 3 is 1.64 bits per heavy atom. The van der Waals surface area contributed by atoms with Gasteiger partial charge >= 0.3 is 0 Å². The van der Waals surface area contributed by atoms with E-state index >= 15 is 0 Å². The highest BCUT2D eigenvalue weighted by molar-refractivity contribution is 5.96. The number of rotatable bonds is 3.